The molecule has 0 spiro atoms. The van der Waals surface area contributed by atoms with Crippen molar-refractivity contribution in [1.29, 1.82) is 0 Å². The molecule has 2 heterocycles. The Morgan fingerprint density at radius 1 is 1.07 bits per heavy atom. The minimum Gasteiger partial charge on any atom is -0.342 e. The van der Waals surface area contributed by atoms with Gasteiger partial charge in [0.1, 0.15) is 12.7 Å². The van der Waals surface area contributed by atoms with E-state index in [1.165, 1.54) is 6.33 Å². The molecule has 1 aliphatic carbocycles. The molecule has 1 saturated heterocycles. The highest BCUT2D eigenvalue weighted by atomic mass is 16.2. The molecular weight excluding hydrogens is 354 g/mol. The van der Waals surface area contributed by atoms with Gasteiger partial charge in [0.15, 0.2) is 0 Å². The Hall–Kier alpha value is -2.70. The molecular formula is C21H27N5O2. The SMILES string of the molecule is CC(c1ccc(-n2cncn2)cc1)N(C)C(=O)C1CCN(C(=O)C2CC2)CC1. The van der Waals surface area contributed by atoms with E-state index in [-0.39, 0.29) is 23.8 Å². The molecule has 2 fully saturated rings. The largest absolute Gasteiger partial charge is 0.342 e. The molecule has 1 aliphatic heterocycles. The van der Waals surface area contributed by atoms with Crippen molar-refractivity contribution in [1.82, 2.24) is 24.6 Å². The van der Waals surface area contributed by atoms with Gasteiger partial charge in [-0.1, -0.05) is 12.1 Å². The molecule has 1 saturated carbocycles. The van der Waals surface area contributed by atoms with Crippen molar-refractivity contribution in [2.24, 2.45) is 11.8 Å². The van der Waals surface area contributed by atoms with Gasteiger partial charge in [-0.3, -0.25) is 9.59 Å². The molecule has 4 rings (SSSR count). The molecule has 7 heteroatoms. The molecule has 0 radical (unpaired) electrons. The molecule has 7 nitrogen and oxygen atoms in total. The highest BCUT2D eigenvalue weighted by molar-refractivity contribution is 5.82. The smallest absolute Gasteiger partial charge is 0.226 e. The average Bonchev–Trinajstić information content (AvgIpc) is 3.45. The van der Waals surface area contributed by atoms with Crippen molar-refractivity contribution in [3.8, 4) is 5.69 Å². The van der Waals surface area contributed by atoms with E-state index in [2.05, 4.69) is 10.1 Å². The monoisotopic (exact) mass is 381 g/mol. The van der Waals surface area contributed by atoms with Crippen LogP contribution in [0.3, 0.4) is 0 Å². The van der Waals surface area contributed by atoms with Crippen LogP contribution in [0.5, 0.6) is 0 Å². The number of benzene rings is 1. The minimum absolute atomic E-state index is 0.00475. The van der Waals surface area contributed by atoms with Crippen LogP contribution in [-0.4, -0.2) is 56.5 Å². The summed E-state index contributed by atoms with van der Waals surface area (Å²) in [7, 11) is 1.88. The number of hydrogen-bond acceptors (Lipinski definition) is 4. The molecule has 148 valence electrons. The second-order valence-electron chi connectivity index (χ2n) is 7.93. The number of likely N-dealkylation sites (tertiary alicyclic amines) is 1. The van der Waals surface area contributed by atoms with Crippen LogP contribution >= 0.6 is 0 Å². The van der Waals surface area contributed by atoms with Crippen molar-refractivity contribution >= 4 is 11.8 Å². The zero-order valence-corrected chi connectivity index (χ0v) is 16.5. The Morgan fingerprint density at radius 2 is 1.75 bits per heavy atom. The predicted octanol–water partition coefficient (Wildman–Crippen LogP) is 2.44. The fraction of sp³-hybridized carbons (Fsp3) is 0.524. The molecule has 2 aliphatic rings. The summed E-state index contributed by atoms with van der Waals surface area (Å²) in [5, 5.41) is 4.13. The van der Waals surface area contributed by atoms with Crippen LogP contribution in [0.2, 0.25) is 0 Å². The van der Waals surface area contributed by atoms with E-state index in [1.54, 1.807) is 11.0 Å². The van der Waals surface area contributed by atoms with Crippen LogP contribution in [0.1, 0.15) is 44.2 Å². The summed E-state index contributed by atoms with van der Waals surface area (Å²) in [5.41, 5.74) is 2.02. The van der Waals surface area contributed by atoms with E-state index in [9.17, 15) is 9.59 Å². The quantitative estimate of drug-likeness (QED) is 0.798. The highest BCUT2D eigenvalue weighted by Crippen LogP contribution is 2.33. The number of hydrogen-bond donors (Lipinski definition) is 0. The summed E-state index contributed by atoms with van der Waals surface area (Å²) < 4.78 is 1.71. The fourth-order valence-corrected chi connectivity index (χ4v) is 3.88. The zero-order valence-electron chi connectivity index (χ0n) is 16.5. The van der Waals surface area contributed by atoms with Gasteiger partial charge >= 0.3 is 0 Å². The molecule has 2 aromatic rings. The first-order valence-electron chi connectivity index (χ1n) is 10.0. The third kappa shape index (κ3) is 3.79. The summed E-state index contributed by atoms with van der Waals surface area (Å²) in [4.78, 5) is 32.9. The van der Waals surface area contributed by atoms with Crippen molar-refractivity contribution in [2.45, 2.75) is 38.6 Å². The van der Waals surface area contributed by atoms with Crippen LogP contribution in [0.15, 0.2) is 36.9 Å². The third-order valence-electron chi connectivity index (χ3n) is 6.07. The van der Waals surface area contributed by atoms with Gasteiger partial charge in [0.2, 0.25) is 11.8 Å². The Balaban J connectivity index is 1.35. The predicted molar refractivity (Wildman–Crippen MR) is 105 cm³/mol. The van der Waals surface area contributed by atoms with Crippen LogP contribution in [0.25, 0.3) is 5.69 Å². The van der Waals surface area contributed by atoms with Gasteiger partial charge in [-0.25, -0.2) is 9.67 Å². The van der Waals surface area contributed by atoms with E-state index >= 15 is 0 Å². The van der Waals surface area contributed by atoms with Crippen LogP contribution < -0.4 is 0 Å². The van der Waals surface area contributed by atoms with E-state index in [1.807, 2.05) is 48.0 Å². The maximum Gasteiger partial charge on any atom is 0.226 e. The Morgan fingerprint density at radius 3 is 2.32 bits per heavy atom. The molecule has 1 aromatic heterocycles. The van der Waals surface area contributed by atoms with Crippen LogP contribution in [0.4, 0.5) is 0 Å². The lowest BCUT2D eigenvalue weighted by Gasteiger charge is -2.35. The number of nitrogens with zero attached hydrogens (tertiary/aromatic N) is 5. The topological polar surface area (TPSA) is 71.3 Å². The number of carbonyl (C=O) groups excluding carboxylic acids is 2. The maximum absolute atomic E-state index is 13.0. The van der Waals surface area contributed by atoms with E-state index in [4.69, 9.17) is 0 Å². The average molecular weight is 381 g/mol. The van der Waals surface area contributed by atoms with E-state index < -0.39 is 0 Å². The van der Waals surface area contributed by atoms with Crippen LogP contribution in [-0.2, 0) is 9.59 Å². The molecule has 28 heavy (non-hydrogen) atoms. The summed E-state index contributed by atoms with van der Waals surface area (Å²) in [6, 6.07) is 8.02. The lowest BCUT2D eigenvalue weighted by atomic mass is 9.94. The van der Waals surface area contributed by atoms with Gasteiger partial charge in [0, 0.05) is 32.0 Å². The molecule has 1 aromatic carbocycles. The van der Waals surface area contributed by atoms with Gasteiger partial charge in [-0.15, -0.1) is 0 Å². The van der Waals surface area contributed by atoms with Gasteiger partial charge in [0.05, 0.1) is 11.7 Å². The van der Waals surface area contributed by atoms with E-state index in [0.717, 1.165) is 36.9 Å². The Kier molecular flexibility index (Phi) is 5.15. The third-order valence-corrected chi connectivity index (χ3v) is 6.07. The van der Waals surface area contributed by atoms with Crippen molar-refractivity contribution < 1.29 is 9.59 Å². The summed E-state index contributed by atoms with van der Waals surface area (Å²) >= 11 is 0. The molecule has 2 amide bonds. The number of aromatic nitrogens is 3. The molecule has 1 unspecified atom stereocenters. The van der Waals surface area contributed by atoms with Crippen molar-refractivity contribution in [2.75, 3.05) is 20.1 Å². The minimum atomic E-state index is -0.0107. The standard InChI is InChI=1S/C21H27N5O2/c1-15(16-5-7-19(8-6-16)26-14-22-13-23-26)24(2)20(27)18-9-11-25(12-10-18)21(28)17-3-4-17/h5-8,13-15,17-18H,3-4,9-12H2,1-2H3. The van der Waals surface area contributed by atoms with Gasteiger partial charge in [-0.05, 0) is 50.3 Å². The second kappa shape index (κ2) is 7.73. The zero-order chi connectivity index (χ0) is 19.7. The number of carbonyl (C=O) groups is 2. The van der Waals surface area contributed by atoms with Crippen molar-refractivity contribution in [3.05, 3.63) is 42.5 Å². The lowest BCUT2D eigenvalue weighted by molar-refractivity contribution is -0.141. The normalized spacial score (nSPS) is 18.7. The number of amides is 2. The summed E-state index contributed by atoms with van der Waals surface area (Å²) in [6.07, 6.45) is 6.77. The van der Waals surface area contributed by atoms with E-state index in [0.29, 0.717) is 19.0 Å². The Labute approximate surface area is 165 Å². The highest BCUT2D eigenvalue weighted by Gasteiger charge is 2.36. The van der Waals surface area contributed by atoms with Crippen molar-refractivity contribution in [3.63, 3.8) is 0 Å². The Bertz CT molecular complexity index is 821. The number of rotatable bonds is 5. The maximum atomic E-state index is 13.0. The van der Waals surface area contributed by atoms with Crippen LogP contribution in [0, 0.1) is 11.8 Å². The fourth-order valence-electron chi connectivity index (χ4n) is 3.88. The first-order valence-corrected chi connectivity index (χ1v) is 10.0. The molecule has 0 bridgehead atoms. The van der Waals surface area contributed by atoms with Gasteiger partial charge < -0.3 is 9.80 Å². The summed E-state index contributed by atoms with van der Waals surface area (Å²) in [6.45, 7) is 3.47. The second-order valence-corrected chi connectivity index (χ2v) is 7.93. The summed E-state index contributed by atoms with van der Waals surface area (Å²) in [5.74, 6) is 0.729. The molecule has 0 N–H and O–H groups in total. The van der Waals surface area contributed by atoms with Gasteiger partial charge in [0.25, 0.3) is 0 Å². The lowest BCUT2D eigenvalue weighted by Crippen LogP contribution is -2.44. The first kappa shape index (κ1) is 18.7. The first-order chi connectivity index (χ1) is 13.5. The molecule has 1 atom stereocenters. The number of piperidine rings is 1. The van der Waals surface area contributed by atoms with Gasteiger partial charge in [-0.2, -0.15) is 5.10 Å².